The van der Waals surface area contributed by atoms with Crippen molar-refractivity contribution in [1.82, 2.24) is 4.90 Å². The lowest BCUT2D eigenvalue weighted by Gasteiger charge is -2.31. The Hall–Kier alpha value is -1.77. The molecule has 1 N–H and O–H groups in total. The van der Waals surface area contributed by atoms with E-state index in [1.807, 2.05) is 0 Å². The predicted molar refractivity (Wildman–Crippen MR) is 84.0 cm³/mol. The largest absolute Gasteiger partial charge is 0.493 e. The highest BCUT2D eigenvalue weighted by atomic mass is 16.5. The third-order valence-electron chi connectivity index (χ3n) is 4.07. The summed E-state index contributed by atoms with van der Waals surface area (Å²) in [5.74, 6) is 1.85. The van der Waals surface area contributed by atoms with E-state index in [4.69, 9.17) is 14.7 Å². The zero-order chi connectivity index (χ0) is 15.9. The van der Waals surface area contributed by atoms with Crippen molar-refractivity contribution in [2.24, 2.45) is 5.92 Å². The van der Waals surface area contributed by atoms with Crippen LogP contribution in [0.15, 0.2) is 18.2 Å². The molecule has 120 valence electrons. The van der Waals surface area contributed by atoms with Gasteiger partial charge in [0, 0.05) is 12.6 Å². The molecule has 0 aromatic heterocycles. The van der Waals surface area contributed by atoms with Gasteiger partial charge in [0.15, 0.2) is 11.5 Å². The van der Waals surface area contributed by atoms with E-state index in [1.54, 1.807) is 18.2 Å². The normalized spacial score (nSPS) is 17.7. The van der Waals surface area contributed by atoms with Gasteiger partial charge in [0.25, 0.3) is 0 Å². The monoisotopic (exact) mass is 304 g/mol. The second kappa shape index (κ2) is 8.02. The zero-order valence-corrected chi connectivity index (χ0v) is 13.3. The molecule has 1 saturated heterocycles. The lowest BCUT2D eigenvalue weighted by molar-refractivity contribution is 0.0555. The van der Waals surface area contributed by atoms with Crippen LogP contribution >= 0.6 is 0 Å². The summed E-state index contributed by atoms with van der Waals surface area (Å²) in [6.45, 7) is 5.20. The summed E-state index contributed by atoms with van der Waals surface area (Å²) >= 11 is 0. The molecule has 0 radical (unpaired) electrons. The predicted octanol–water partition coefficient (Wildman–Crippen LogP) is 2.04. The number of nitrogens with zero attached hydrogens (tertiary/aromatic N) is 2. The topological polar surface area (TPSA) is 65.7 Å². The first-order chi connectivity index (χ1) is 10.6. The maximum Gasteiger partial charge on any atom is 0.162 e. The second-order valence-electron chi connectivity index (χ2n) is 5.93. The van der Waals surface area contributed by atoms with Crippen LogP contribution in [-0.4, -0.2) is 49.5 Å². The number of aliphatic hydroxyl groups excluding tert-OH is 1. The first-order valence-electron chi connectivity index (χ1n) is 7.73. The lowest BCUT2D eigenvalue weighted by atomic mass is 9.99. The highest BCUT2D eigenvalue weighted by Gasteiger charge is 2.19. The van der Waals surface area contributed by atoms with Gasteiger partial charge in [0.05, 0.1) is 18.7 Å². The Morgan fingerprint density at radius 1 is 1.36 bits per heavy atom. The van der Waals surface area contributed by atoms with E-state index < -0.39 is 6.10 Å². The van der Waals surface area contributed by atoms with Crippen molar-refractivity contribution >= 4 is 0 Å². The molecule has 0 unspecified atom stereocenters. The number of rotatable bonds is 6. The van der Waals surface area contributed by atoms with Crippen molar-refractivity contribution in [2.45, 2.75) is 25.9 Å². The molecule has 1 aliphatic rings. The van der Waals surface area contributed by atoms with Crippen molar-refractivity contribution in [3.8, 4) is 17.6 Å². The van der Waals surface area contributed by atoms with Crippen molar-refractivity contribution in [3.63, 3.8) is 0 Å². The standard InChI is InChI=1S/C17H24N2O3/c1-13-5-7-19(8-6-13)11-15(20)12-22-16-4-3-14(10-18)9-17(16)21-2/h3-4,9,13,15,20H,5-8,11-12H2,1-2H3/t15-/m1/s1. The number of methoxy groups -OCH3 is 1. The molecule has 0 saturated carbocycles. The van der Waals surface area contributed by atoms with Crippen molar-refractivity contribution in [1.29, 1.82) is 5.26 Å². The molecular weight excluding hydrogens is 280 g/mol. The molecule has 1 fully saturated rings. The molecule has 2 rings (SSSR count). The van der Waals surface area contributed by atoms with Crippen LogP contribution in [0.3, 0.4) is 0 Å². The molecule has 1 aliphatic heterocycles. The highest BCUT2D eigenvalue weighted by Crippen LogP contribution is 2.28. The number of nitriles is 1. The van der Waals surface area contributed by atoms with Crippen LogP contribution in [-0.2, 0) is 0 Å². The van der Waals surface area contributed by atoms with Gasteiger partial charge in [-0.05, 0) is 44.0 Å². The number of ether oxygens (including phenoxy) is 2. The second-order valence-corrected chi connectivity index (χ2v) is 5.93. The van der Waals surface area contributed by atoms with Gasteiger partial charge >= 0.3 is 0 Å². The molecule has 0 spiro atoms. The van der Waals surface area contributed by atoms with Crippen LogP contribution < -0.4 is 9.47 Å². The smallest absolute Gasteiger partial charge is 0.162 e. The molecule has 22 heavy (non-hydrogen) atoms. The molecule has 1 aromatic carbocycles. The summed E-state index contributed by atoms with van der Waals surface area (Å²) in [6, 6.07) is 7.07. The summed E-state index contributed by atoms with van der Waals surface area (Å²) in [5, 5.41) is 19.0. The van der Waals surface area contributed by atoms with Gasteiger partial charge < -0.3 is 19.5 Å². The zero-order valence-electron chi connectivity index (χ0n) is 13.3. The summed E-state index contributed by atoms with van der Waals surface area (Å²) in [7, 11) is 1.54. The molecule has 0 amide bonds. The van der Waals surface area contributed by atoms with E-state index in [2.05, 4.69) is 17.9 Å². The maximum atomic E-state index is 10.1. The van der Waals surface area contributed by atoms with Crippen molar-refractivity contribution in [3.05, 3.63) is 23.8 Å². The Morgan fingerprint density at radius 3 is 2.73 bits per heavy atom. The summed E-state index contributed by atoms with van der Waals surface area (Å²) < 4.78 is 10.9. The Balaban J connectivity index is 1.83. The lowest BCUT2D eigenvalue weighted by Crippen LogP contribution is -2.40. The minimum atomic E-state index is -0.534. The van der Waals surface area contributed by atoms with E-state index in [1.165, 1.54) is 20.0 Å². The summed E-state index contributed by atoms with van der Waals surface area (Å²) in [5.41, 5.74) is 0.521. The van der Waals surface area contributed by atoms with E-state index in [-0.39, 0.29) is 6.61 Å². The minimum Gasteiger partial charge on any atom is -0.493 e. The fourth-order valence-corrected chi connectivity index (χ4v) is 2.64. The van der Waals surface area contributed by atoms with Gasteiger partial charge in [-0.1, -0.05) is 6.92 Å². The fraction of sp³-hybridized carbons (Fsp3) is 0.588. The Labute approximate surface area is 132 Å². The SMILES string of the molecule is COc1cc(C#N)ccc1OC[C@H](O)CN1CCC(C)CC1. The van der Waals surface area contributed by atoms with E-state index in [0.717, 1.165) is 19.0 Å². The Bertz CT molecular complexity index is 519. The third kappa shape index (κ3) is 4.62. The average Bonchev–Trinajstić information content (AvgIpc) is 2.55. The maximum absolute atomic E-state index is 10.1. The number of aliphatic hydroxyl groups is 1. The van der Waals surface area contributed by atoms with Gasteiger partial charge in [0.1, 0.15) is 12.7 Å². The molecular formula is C17H24N2O3. The van der Waals surface area contributed by atoms with E-state index in [9.17, 15) is 5.11 Å². The highest BCUT2D eigenvalue weighted by molar-refractivity contribution is 5.46. The van der Waals surface area contributed by atoms with Gasteiger partial charge in [-0.3, -0.25) is 0 Å². The van der Waals surface area contributed by atoms with Gasteiger partial charge in [-0.2, -0.15) is 5.26 Å². The summed E-state index contributed by atoms with van der Waals surface area (Å²) in [4.78, 5) is 2.28. The van der Waals surface area contributed by atoms with Gasteiger partial charge in [-0.15, -0.1) is 0 Å². The minimum absolute atomic E-state index is 0.217. The van der Waals surface area contributed by atoms with Gasteiger partial charge in [0.2, 0.25) is 0 Å². The molecule has 0 bridgehead atoms. The molecule has 5 nitrogen and oxygen atoms in total. The number of likely N-dealkylation sites (tertiary alicyclic amines) is 1. The van der Waals surface area contributed by atoms with Crippen molar-refractivity contribution in [2.75, 3.05) is 33.4 Å². The number of piperidine rings is 1. The van der Waals surface area contributed by atoms with Crippen molar-refractivity contribution < 1.29 is 14.6 Å². The summed E-state index contributed by atoms with van der Waals surface area (Å²) in [6.07, 6.45) is 1.85. The first-order valence-corrected chi connectivity index (χ1v) is 7.73. The number of benzene rings is 1. The van der Waals surface area contributed by atoms with Crippen LogP contribution in [0, 0.1) is 17.2 Å². The Morgan fingerprint density at radius 2 is 2.09 bits per heavy atom. The number of hydrogen-bond acceptors (Lipinski definition) is 5. The quantitative estimate of drug-likeness (QED) is 0.871. The van der Waals surface area contributed by atoms with Crippen LogP contribution in [0.25, 0.3) is 0 Å². The molecule has 1 aromatic rings. The number of hydrogen-bond donors (Lipinski definition) is 1. The fourth-order valence-electron chi connectivity index (χ4n) is 2.64. The molecule has 1 atom stereocenters. The average molecular weight is 304 g/mol. The van der Waals surface area contributed by atoms with Crippen LogP contribution in [0.2, 0.25) is 0 Å². The Kier molecular flexibility index (Phi) is 6.05. The van der Waals surface area contributed by atoms with Crippen LogP contribution in [0.5, 0.6) is 11.5 Å². The van der Waals surface area contributed by atoms with E-state index in [0.29, 0.717) is 23.6 Å². The molecule has 1 heterocycles. The first kappa shape index (κ1) is 16.6. The molecule has 0 aliphatic carbocycles. The molecule has 5 heteroatoms. The third-order valence-corrected chi connectivity index (χ3v) is 4.07. The number of β-amino-alcohol motifs (C(OH)–C–C–N with tert-alkyl or cyclic N) is 1. The van der Waals surface area contributed by atoms with E-state index >= 15 is 0 Å². The van der Waals surface area contributed by atoms with Gasteiger partial charge in [-0.25, -0.2) is 0 Å². The van der Waals surface area contributed by atoms with Crippen LogP contribution in [0.4, 0.5) is 0 Å². The van der Waals surface area contributed by atoms with Crippen LogP contribution in [0.1, 0.15) is 25.3 Å².